The standard InChI is InChI=1S/C21H22O4/c1-5-6-7-11-18(23-2)12-8-10-17(22)15-16-19-20(24-3)13-9-14-21(19)25-4/h1,6-11,13-16H,12H2,2-4H3/b7-6-,10-8+,16-15+,18-11+. The van der Waals surface area contributed by atoms with Crippen LogP contribution >= 0.6 is 0 Å². The van der Waals surface area contributed by atoms with Gasteiger partial charge in [0.25, 0.3) is 0 Å². The number of terminal acetylenes is 1. The number of hydrogen-bond donors (Lipinski definition) is 0. The lowest BCUT2D eigenvalue weighted by Crippen LogP contribution is -1.93. The van der Waals surface area contributed by atoms with Crippen LogP contribution in [0.5, 0.6) is 11.5 Å². The molecule has 0 N–H and O–H groups in total. The molecular weight excluding hydrogens is 316 g/mol. The summed E-state index contributed by atoms with van der Waals surface area (Å²) in [7, 11) is 4.71. The summed E-state index contributed by atoms with van der Waals surface area (Å²) >= 11 is 0. The monoisotopic (exact) mass is 338 g/mol. The van der Waals surface area contributed by atoms with E-state index in [4.69, 9.17) is 20.6 Å². The molecule has 25 heavy (non-hydrogen) atoms. The Bertz CT molecular complexity index is 709. The number of benzene rings is 1. The van der Waals surface area contributed by atoms with Crippen molar-refractivity contribution >= 4 is 11.9 Å². The maximum Gasteiger partial charge on any atom is 0.178 e. The number of ether oxygens (including phenoxy) is 3. The quantitative estimate of drug-likeness (QED) is 0.296. The second kappa shape index (κ2) is 11.4. The Labute approximate surface area is 149 Å². The van der Waals surface area contributed by atoms with Gasteiger partial charge >= 0.3 is 0 Å². The average Bonchev–Trinajstić information content (AvgIpc) is 2.64. The molecule has 4 heteroatoms. The second-order valence-electron chi connectivity index (χ2n) is 4.78. The van der Waals surface area contributed by atoms with Gasteiger partial charge in [0, 0.05) is 6.42 Å². The van der Waals surface area contributed by atoms with Gasteiger partial charge in [-0.05, 0) is 42.5 Å². The Balaban J connectivity index is 2.77. The van der Waals surface area contributed by atoms with Crippen molar-refractivity contribution in [2.45, 2.75) is 6.42 Å². The van der Waals surface area contributed by atoms with E-state index in [2.05, 4.69) is 5.92 Å². The molecule has 0 aliphatic heterocycles. The van der Waals surface area contributed by atoms with Gasteiger partial charge in [-0.15, -0.1) is 6.42 Å². The molecule has 0 aliphatic rings. The molecule has 0 radical (unpaired) electrons. The lowest BCUT2D eigenvalue weighted by Gasteiger charge is -2.09. The normalized spacial score (nSPS) is 11.8. The van der Waals surface area contributed by atoms with Gasteiger partial charge in [-0.2, -0.15) is 0 Å². The third kappa shape index (κ3) is 6.84. The first-order chi connectivity index (χ1) is 12.2. The van der Waals surface area contributed by atoms with Gasteiger partial charge in [-0.25, -0.2) is 0 Å². The maximum atomic E-state index is 12.0. The highest BCUT2D eigenvalue weighted by Crippen LogP contribution is 2.29. The van der Waals surface area contributed by atoms with E-state index in [1.54, 1.807) is 51.7 Å². The van der Waals surface area contributed by atoms with Crippen LogP contribution in [-0.2, 0) is 9.53 Å². The zero-order chi connectivity index (χ0) is 18.5. The first-order valence-corrected chi connectivity index (χ1v) is 7.61. The van der Waals surface area contributed by atoms with Crippen LogP contribution in [0.2, 0.25) is 0 Å². The molecule has 0 spiro atoms. The molecular formula is C21H22O4. The van der Waals surface area contributed by atoms with Gasteiger partial charge in [0.05, 0.1) is 32.7 Å². The minimum Gasteiger partial charge on any atom is -0.501 e. The molecule has 0 saturated carbocycles. The SMILES string of the molecule is C#C/C=C\C=C(/C/C=C/C(=O)/C=C/c1c(OC)cccc1OC)OC. The summed E-state index contributed by atoms with van der Waals surface area (Å²) in [6.07, 6.45) is 17.0. The van der Waals surface area contributed by atoms with E-state index < -0.39 is 0 Å². The molecule has 0 aliphatic carbocycles. The molecule has 1 aromatic rings. The Kier molecular flexibility index (Phi) is 9.02. The van der Waals surface area contributed by atoms with Gasteiger partial charge in [0.1, 0.15) is 11.5 Å². The highest BCUT2D eigenvalue weighted by Gasteiger charge is 2.06. The molecule has 1 aromatic carbocycles. The summed E-state index contributed by atoms with van der Waals surface area (Å²) in [5, 5.41) is 0. The lowest BCUT2D eigenvalue weighted by atomic mass is 10.1. The number of rotatable bonds is 9. The fourth-order valence-corrected chi connectivity index (χ4v) is 1.99. The molecule has 0 unspecified atom stereocenters. The van der Waals surface area contributed by atoms with Crippen LogP contribution in [0.4, 0.5) is 0 Å². The van der Waals surface area contributed by atoms with E-state index in [1.807, 2.05) is 18.2 Å². The minimum atomic E-state index is -0.150. The second-order valence-corrected chi connectivity index (χ2v) is 4.78. The minimum absolute atomic E-state index is 0.150. The number of carbonyl (C=O) groups excluding carboxylic acids is 1. The Hall–Kier alpha value is -3.19. The van der Waals surface area contributed by atoms with Gasteiger partial charge < -0.3 is 14.2 Å². The van der Waals surface area contributed by atoms with E-state index in [0.29, 0.717) is 29.2 Å². The zero-order valence-corrected chi connectivity index (χ0v) is 14.7. The Morgan fingerprint density at radius 3 is 2.40 bits per heavy atom. The summed E-state index contributed by atoms with van der Waals surface area (Å²) in [6.45, 7) is 0. The van der Waals surface area contributed by atoms with Gasteiger partial charge in [0.2, 0.25) is 0 Å². The fourth-order valence-electron chi connectivity index (χ4n) is 1.99. The van der Waals surface area contributed by atoms with Crippen molar-refractivity contribution in [3.05, 3.63) is 66.0 Å². The summed E-state index contributed by atoms with van der Waals surface area (Å²) in [5.41, 5.74) is 0.714. The number of allylic oxidation sites excluding steroid dienone is 6. The first kappa shape index (κ1) is 19.9. The number of carbonyl (C=O) groups is 1. The Morgan fingerprint density at radius 2 is 1.84 bits per heavy atom. The van der Waals surface area contributed by atoms with E-state index in [0.717, 1.165) is 0 Å². The van der Waals surface area contributed by atoms with Crippen molar-refractivity contribution in [3.63, 3.8) is 0 Å². The van der Waals surface area contributed by atoms with Crippen molar-refractivity contribution < 1.29 is 19.0 Å². The molecule has 0 aromatic heterocycles. The molecule has 1 rings (SSSR count). The molecule has 0 heterocycles. The molecule has 0 amide bonds. The predicted molar refractivity (Wildman–Crippen MR) is 100 cm³/mol. The highest BCUT2D eigenvalue weighted by atomic mass is 16.5. The summed E-state index contributed by atoms with van der Waals surface area (Å²) < 4.78 is 15.8. The van der Waals surface area contributed by atoms with E-state index >= 15 is 0 Å². The number of hydrogen-bond acceptors (Lipinski definition) is 4. The van der Waals surface area contributed by atoms with Crippen molar-refractivity contribution in [1.29, 1.82) is 0 Å². The predicted octanol–water partition coefficient (Wildman–Crippen LogP) is 3.95. The van der Waals surface area contributed by atoms with Crippen LogP contribution < -0.4 is 9.47 Å². The van der Waals surface area contributed by atoms with Crippen LogP contribution in [0.25, 0.3) is 6.08 Å². The van der Waals surface area contributed by atoms with Crippen LogP contribution in [0.15, 0.2) is 60.4 Å². The van der Waals surface area contributed by atoms with Crippen LogP contribution in [-0.4, -0.2) is 27.1 Å². The maximum absolute atomic E-state index is 12.0. The molecule has 130 valence electrons. The highest BCUT2D eigenvalue weighted by molar-refractivity contribution is 6.02. The largest absolute Gasteiger partial charge is 0.501 e. The molecule has 0 bridgehead atoms. The van der Waals surface area contributed by atoms with E-state index in [1.165, 1.54) is 12.2 Å². The number of methoxy groups -OCH3 is 3. The number of ketones is 1. The Morgan fingerprint density at radius 1 is 1.16 bits per heavy atom. The average molecular weight is 338 g/mol. The topological polar surface area (TPSA) is 44.8 Å². The molecule has 0 atom stereocenters. The van der Waals surface area contributed by atoms with Crippen molar-refractivity contribution in [2.24, 2.45) is 0 Å². The van der Waals surface area contributed by atoms with Gasteiger partial charge in [0.15, 0.2) is 5.78 Å². The molecule has 0 fully saturated rings. The molecule has 4 nitrogen and oxygen atoms in total. The van der Waals surface area contributed by atoms with E-state index in [-0.39, 0.29) is 5.78 Å². The smallest absolute Gasteiger partial charge is 0.178 e. The summed E-state index contributed by atoms with van der Waals surface area (Å²) in [4.78, 5) is 12.0. The van der Waals surface area contributed by atoms with Crippen molar-refractivity contribution in [3.8, 4) is 23.8 Å². The lowest BCUT2D eigenvalue weighted by molar-refractivity contribution is -0.110. The van der Waals surface area contributed by atoms with Crippen LogP contribution in [0.3, 0.4) is 0 Å². The van der Waals surface area contributed by atoms with Crippen LogP contribution in [0, 0.1) is 12.3 Å². The van der Waals surface area contributed by atoms with Gasteiger partial charge in [-0.3, -0.25) is 4.79 Å². The summed E-state index contributed by atoms with van der Waals surface area (Å²) in [5.74, 6) is 4.21. The molecule has 0 saturated heterocycles. The van der Waals surface area contributed by atoms with Crippen LogP contribution in [0.1, 0.15) is 12.0 Å². The first-order valence-electron chi connectivity index (χ1n) is 7.61. The van der Waals surface area contributed by atoms with Gasteiger partial charge in [-0.1, -0.05) is 24.1 Å². The van der Waals surface area contributed by atoms with E-state index in [9.17, 15) is 4.79 Å². The fraction of sp³-hybridized carbons (Fsp3) is 0.190. The third-order valence-electron chi connectivity index (χ3n) is 3.22. The summed E-state index contributed by atoms with van der Waals surface area (Å²) in [6, 6.07) is 5.44. The van der Waals surface area contributed by atoms with Crippen molar-refractivity contribution in [1.82, 2.24) is 0 Å². The zero-order valence-electron chi connectivity index (χ0n) is 14.7. The van der Waals surface area contributed by atoms with Crippen molar-refractivity contribution in [2.75, 3.05) is 21.3 Å². The third-order valence-corrected chi connectivity index (χ3v) is 3.22.